The second-order valence-corrected chi connectivity index (χ2v) is 16.1. The number of fused-ring (bicyclic) bond motifs is 5. The van der Waals surface area contributed by atoms with Crippen LogP contribution in [0.5, 0.6) is 0 Å². The van der Waals surface area contributed by atoms with Crippen molar-refractivity contribution < 1.29 is 33.8 Å². The average Bonchev–Trinajstić information content (AvgIpc) is 3.32. The van der Waals surface area contributed by atoms with Gasteiger partial charge in [-0.1, -0.05) is 44.2 Å². The van der Waals surface area contributed by atoms with E-state index < -0.39 is 41.5 Å². The third-order valence-electron chi connectivity index (χ3n) is 12.6. The van der Waals surface area contributed by atoms with Crippen molar-refractivity contribution in [1.29, 1.82) is 0 Å². The number of nitrogens with one attached hydrogen (secondary N) is 1. The van der Waals surface area contributed by atoms with E-state index in [2.05, 4.69) is 19.2 Å². The van der Waals surface area contributed by atoms with Gasteiger partial charge in [0.15, 0.2) is 5.54 Å². The van der Waals surface area contributed by atoms with Gasteiger partial charge in [0.05, 0.1) is 6.42 Å². The molecule has 4 saturated carbocycles. The van der Waals surface area contributed by atoms with Crippen molar-refractivity contribution in [3.8, 4) is 0 Å². The minimum absolute atomic E-state index is 0.0178. The quantitative estimate of drug-likeness (QED) is 0.291. The number of ketones is 1. The summed E-state index contributed by atoms with van der Waals surface area (Å²) in [5.74, 6) is 0.179. The minimum atomic E-state index is -1.76. The van der Waals surface area contributed by atoms with E-state index in [-0.39, 0.29) is 23.4 Å². The molecule has 1 aromatic rings. The van der Waals surface area contributed by atoms with E-state index in [9.17, 15) is 24.3 Å². The highest BCUT2D eigenvalue weighted by Crippen LogP contribution is 2.68. The third kappa shape index (κ3) is 6.40. The zero-order valence-corrected chi connectivity index (χ0v) is 28.0. The van der Waals surface area contributed by atoms with Gasteiger partial charge in [0.2, 0.25) is 0 Å². The largest absolute Gasteiger partial charge is 0.481 e. The topological polar surface area (TPSA) is 119 Å². The number of carboxylic acid groups (broad SMARTS) is 1. The van der Waals surface area contributed by atoms with Gasteiger partial charge >= 0.3 is 18.0 Å². The molecule has 1 amide bonds. The third-order valence-corrected chi connectivity index (χ3v) is 12.6. The molecule has 1 aromatic carbocycles. The lowest BCUT2D eigenvalue weighted by atomic mass is 9.43. The molecule has 4 unspecified atom stereocenters. The monoisotopic (exact) mass is 623 g/mol. The summed E-state index contributed by atoms with van der Waals surface area (Å²) in [5.41, 5.74) is -1.65. The van der Waals surface area contributed by atoms with E-state index in [1.54, 1.807) is 27.7 Å². The molecule has 248 valence electrons. The van der Waals surface area contributed by atoms with Gasteiger partial charge in [0.25, 0.3) is 0 Å². The van der Waals surface area contributed by atoms with E-state index in [4.69, 9.17) is 9.47 Å². The van der Waals surface area contributed by atoms with Crippen LogP contribution >= 0.6 is 0 Å². The van der Waals surface area contributed by atoms with Crippen LogP contribution in [0.15, 0.2) is 30.3 Å². The molecule has 0 saturated heterocycles. The number of rotatable bonds is 8. The van der Waals surface area contributed by atoms with Crippen molar-refractivity contribution in [2.45, 2.75) is 123 Å². The van der Waals surface area contributed by atoms with Crippen LogP contribution < -0.4 is 5.32 Å². The number of benzene rings is 1. The Hall–Kier alpha value is -2.90. The maximum absolute atomic E-state index is 14.1. The van der Waals surface area contributed by atoms with Crippen LogP contribution in [-0.2, 0) is 30.5 Å². The molecule has 0 bridgehead atoms. The number of esters is 1. The number of hydrogen-bond acceptors (Lipinski definition) is 6. The van der Waals surface area contributed by atoms with Crippen molar-refractivity contribution in [3.05, 3.63) is 35.9 Å². The molecule has 4 aliphatic rings. The van der Waals surface area contributed by atoms with Gasteiger partial charge in [0.1, 0.15) is 18.0 Å². The molecule has 5 rings (SSSR count). The summed E-state index contributed by atoms with van der Waals surface area (Å²) in [7, 11) is 0. The highest BCUT2D eigenvalue weighted by molar-refractivity contribution is 5.90. The van der Waals surface area contributed by atoms with Crippen molar-refractivity contribution >= 4 is 23.8 Å². The highest BCUT2D eigenvalue weighted by Gasteiger charge is 2.62. The number of alkyl carbamates (subject to hydrolysis) is 1. The Morgan fingerprint density at radius 1 is 0.911 bits per heavy atom. The molecule has 4 fully saturated rings. The van der Waals surface area contributed by atoms with Crippen LogP contribution in [0.1, 0.15) is 111 Å². The first-order valence-electron chi connectivity index (χ1n) is 17.0. The Morgan fingerprint density at radius 2 is 1.58 bits per heavy atom. The van der Waals surface area contributed by atoms with Gasteiger partial charge in [0, 0.05) is 5.92 Å². The smallest absolute Gasteiger partial charge is 0.408 e. The fraction of sp³-hybridized carbons (Fsp3) is 0.730. The predicted molar refractivity (Wildman–Crippen MR) is 170 cm³/mol. The summed E-state index contributed by atoms with van der Waals surface area (Å²) in [6.07, 6.45) is 7.11. The Bertz CT molecular complexity index is 1290. The summed E-state index contributed by atoms with van der Waals surface area (Å²) in [4.78, 5) is 52.4. The Morgan fingerprint density at radius 3 is 2.22 bits per heavy atom. The zero-order chi connectivity index (χ0) is 32.8. The molecule has 8 nitrogen and oxygen atoms in total. The van der Waals surface area contributed by atoms with Gasteiger partial charge in [-0.05, 0) is 131 Å². The van der Waals surface area contributed by atoms with Crippen LogP contribution in [0.2, 0.25) is 0 Å². The lowest BCUT2D eigenvalue weighted by molar-refractivity contribution is -0.166. The normalized spacial score (nSPS) is 35.5. The number of amides is 1. The van der Waals surface area contributed by atoms with Gasteiger partial charge in [-0.15, -0.1) is 0 Å². The zero-order valence-electron chi connectivity index (χ0n) is 28.0. The highest BCUT2D eigenvalue weighted by atomic mass is 16.6. The van der Waals surface area contributed by atoms with Gasteiger partial charge in [-0.2, -0.15) is 0 Å². The van der Waals surface area contributed by atoms with Crippen LogP contribution in [0.25, 0.3) is 0 Å². The summed E-state index contributed by atoms with van der Waals surface area (Å²) in [6, 6.07) is 9.26. The van der Waals surface area contributed by atoms with Gasteiger partial charge in [-0.25, -0.2) is 9.59 Å². The first-order chi connectivity index (χ1) is 21.1. The molecule has 0 aliphatic heterocycles. The molecule has 0 radical (unpaired) electrons. The maximum Gasteiger partial charge on any atom is 0.408 e. The molecule has 0 aromatic heterocycles. The molecule has 0 spiro atoms. The standard InChI is InChI=1S/C37H53NO7/c1-23(39)28-14-15-29-27-13-12-25-20-26(16-18-35(25,5)30(27)17-19-36(28,29)6)37(21-31(40)41,38-33(43)45-34(2,3)4)32(42)44-22-24-10-8-7-9-11-24/h7-11,25-30H,12-22H2,1-6H3,(H,38,43)(H,40,41)/t25?,26-,27?,28+,29?,30?,35-,36+,37+/m0/s1. The molecule has 2 N–H and O–H groups in total. The second-order valence-electron chi connectivity index (χ2n) is 16.1. The van der Waals surface area contributed by atoms with E-state index in [1.807, 2.05) is 30.3 Å². The van der Waals surface area contributed by atoms with Crippen molar-refractivity contribution in [2.75, 3.05) is 0 Å². The maximum atomic E-state index is 14.1. The number of hydrogen-bond donors (Lipinski definition) is 2. The minimum Gasteiger partial charge on any atom is -0.481 e. The fourth-order valence-corrected chi connectivity index (χ4v) is 10.5. The fourth-order valence-electron chi connectivity index (χ4n) is 10.5. The molecular formula is C37H53NO7. The number of carboxylic acids is 1. The predicted octanol–water partition coefficient (Wildman–Crippen LogP) is 7.33. The van der Waals surface area contributed by atoms with Crippen LogP contribution in [0, 0.1) is 46.3 Å². The summed E-state index contributed by atoms with van der Waals surface area (Å²) < 4.78 is 11.4. The van der Waals surface area contributed by atoms with Crippen LogP contribution in [0.4, 0.5) is 4.79 Å². The van der Waals surface area contributed by atoms with E-state index in [0.29, 0.717) is 42.3 Å². The molecule has 9 atom stereocenters. The number of ether oxygens (including phenoxy) is 2. The lowest BCUT2D eigenvalue weighted by Gasteiger charge is -2.62. The lowest BCUT2D eigenvalue weighted by Crippen LogP contribution is -2.64. The summed E-state index contributed by atoms with van der Waals surface area (Å²) in [6.45, 7) is 11.7. The number of Topliss-reactive ketones (excluding diaryl/α,β-unsaturated/α-hetero) is 1. The Balaban J connectivity index is 1.41. The summed E-state index contributed by atoms with van der Waals surface area (Å²) in [5, 5.41) is 12.9. The van der Waals surface area contributed by atoms with E-state index in [0.717, 1.165) is 50.5 Å². The molecule has 4 aliphatic carbocycles. The number of carbonyl (C=O) groups is 4. The van der Waals surface area contributed by atoms with Crippen molar-refractivity contribution in [2.24, 2.45) is 46.3 Å². The second kappa shape index (κ2) is 12.4. The van der Waals surface area contributed by atoms with Gasteiger partial charge < -0.3 is 19.9 Å². The molecule has 0 heterocycles. The summed E-state index contributed by atoms with van der Waals surface area (Å²) >= 11 is 0. The van der Waals surface area contributed by atoms with Crippen molar-refractivity contribution in [3.63, 3.8) is 0 Å². The average molecular weight is 624 g/mol. The number of aliphatic carboxylic acids is 1. The molecule has 45 heavy (non-hydrogen) atoms. The van der Waals surface area contributed by atoms with Crippen molar-refractivity contribution in [1.82, 2.24) is 5.32 Å². The Labute approximate surface area is 268 Å². The first-order valence-corrected chi connectivity index (χ1v) is 17.0. The first kappa shape index (κ1) is 33.5. The van der Waals surface area contributed by atoms with Crippen LogP contribution in [-0.4, -0.2) is 40.1 Å². The molecular weight excluding hydrogens is 570 g/mol. The van der Waals surface area contributed by atoms with Crippen LogP contribution in [0.3, 0.4) is 0 Å². The Kier molecular flexibility index (Phi) is 9.20. The number of carbonyl (C=O) groups excluding carboxylic acids is 3. The van der Waals surface area contributed by atoms with E-state index in [1.165, 1.54) is 0 Å². The van der Waals surface area contributed by atoms with E-state index >= 15 is 0 Å². The van der Waals surface area contributed by atoms with Gasteiger partial charge in [-0.3, -0.25) is 9.59 Å². The molecule has 8 heteroatoms. The SMILES string of the molecule is CC(=O)[C@H]1CCC2C3CCC4C[C@@H]([C@@](CC(=O)O)(NC(=O)OC(C)(C)C)C(=O)OCc5ccccc5)CC[C@]4(C)C3CC[C@@]21C.